The smallest absolute Gasteiger partial charge is 0.360 e. The number of H-pyrrole nitrogens is 1. The maximum Gasteiger partial charge on any atom is 0.360 e. The van der Waals surface area contributed by atoms with Crippen LogP contribution >= 0.6 is 10.7 Å². The Kier molecular flexibility index (Phi) is 3.35. The van der Waals surface area contributed by atoms with Crippen LogP contribution in [0.25, 0.3) is 0 Å². The molecule has 0 bridgehead atoms. The third kappa shape index (κ3) is 2.48. The van der Waals surface area contributed by atoms with E-state index in [1.165, 1.54) is 6.92 Å². The second-order valence-corrected chi connectivity index (χ2v) is 5.19. The molecular formula is C7H9ClN2O4S. The molecule has 0 aliphatic carbocycles. The Hall–Kier alpha value is -1.08. The number of ether oxygens (including phenoxy) is 1. The van der Waals surface area contributed by atoms with Gasteiger partial charge in [0.05, 0.1) is 12.3 Å². The molecule has 1 aromatic rings. The standard InChI is InChI=1S/C7H9ClN2O4S/c1-3-14-7(11)5-6(15(8,12)13)4(2)9-10-5/h3H2,1-2H3,(H,9,10). The predicted octanol–water partition coefficient (Wildman–Crippen LogP) is 0.822. The quantitative estimate of drug-likeness (QED) is 0.636. The number of esters is 1. The molecule has 0 saturated carbocycles. The monoisotopic (exact) mass is 252 g/mol. The van der Waals surface area contributed by atoms with E-state index in [0.717, 1.165) is 0 Å². The molecule has 0 unspecified atom stereocenters. The molecule has 1 N–H and O–H groups in total. The van der Waals surface area contributed by atoms with E-state index < -0.39 is 15.0 Å². The van der Waals surface area contributed by atoms with Gasteiger partial charge >= 0.3 is 5.97 Å². The van der Waals surface area contributed by atoms with E-state index in [9.17, 15) is 13.2 Å². The first-order valence-electron chi connectivity index (χ1n) is 4.04. The summed E-state index contributed by atoms with van der Waals surface area (Å²) in [4.78, 5) is 11.0. The van der Waals surface area contributed by atoms with E-state index in [-0.39, 0.29) is 22.9 Å². The number of aromatic amines is 1. The maximum absolute atomic E-state index is 11.3. The van der Waals surface area contributed by atoms with Gasteiger partial charge in [0.2, 0.25) is 0 Å². The van der Waals surface area contributed by atoms with Crippen LogP contribution in [0.4, 0.5) is 0 Å². The lowest BCUT2D eigenvalue weighted by Crippen LogP contribution is -2.09. The van der Waals surface area contributed by atoms with Crippen LogP contribution in [0.1, 0.15) is 23.1 Å². The highest BCUT2D eigenvalue weighted by molar-refractivity contribution is 8.13. The number of halogens is 1. The van der Waals surface area contributed by atoms with E-state index in [0.29, 0.717) is 0 Å². The molecule has 84 valence electrons. The number of carbonyl (C=O) groups is 1. The molecule has 6 nitrogen and oxygen atoms in total. The molecule has 0 saturated heterocycles. The van der Waals surface area contributed by atoms with Crippen LogP contribution in [0.5, 0.6) is 0 Å². The zero-order chi connectivity index (χ0) is 11.6. The van der Waals surface area contributed by atoms with Gasteiger partial charge in [-0.15, -0.1) is 0 Å². The summed E-state index contributed by atoms with van der Waals surface area (Å²) >= 11 is 0. The van der Waals surface area contributed by atoms with Gasteiger partial charge in [0, 0.05) is 10.7 Å². The van der Waals surface area contributed by atoms with Crippen LogP contribution in [0, 0.1) is 6.92 Å². The second-order valence-electron chi connectivity index (χ2n) is 2.68. The van der Waals surface area contributed by atoms with Gasteiger partial charge in [-0.05, 0) is 13.8 Å². The Morgan fingerprint density at radius 1 is 1.60 bits per heavy atom. The largest absolute Gasteiger partial charge is 0.461 e. The highest BCUT2D eigenvalue weighted by Crippen LogP contribution is 2.22. The third-order valence-corrected chi connectivity index (χ3v) is 3.05. The second kappa shape index (κ2) is 4.19. The van der Waals surface area contributed by atoms with E-state index in [1.807, 2.05) is 0 Å². The number of aryl methyl sites for hydroxylation is 1. The van der Waals surface area contributed by atoms with Gasteiger partial charge in [0.1, 0.15) is 4.90 Å². The minimum atomic E-state index is -4.01. The van der Waals surface area contributed by atoms with Gasteiger partial charge in [-0.25, -0.2) is 13.2 Å². The summed E-state index contributed by atoms with van der Waals surface area (Å²) in [6, 6.07) is 0. The molecule has 0 radical (unpaired) electrons. The van der Waals surface area contributed by atoms with Crippen molar-refractivity contribution in [3.05, 3.63) is 11.4 Å². The van der Waals surface area contributed by atoms with Crippen molar-refractivity contribution in [3.8, 4) is 0 Å². The Balaban J connectivity index is 3.27. The summed E-state index contributed by atoms with van der Waals surface area (Å²) in [7, 11) is 1.15. The molecule has 0 fully saturated rings. The molecule has 0 spiro atoms. The summed E-state index contributed by atoms with van der Waals surface area (Å²) < 4.78 is 26.9. The summed E-state index contributed by atoms with van der Waals surface area (Å²) in [6.07, 6.45) is 0. The van der Waals surface area contributed by atoms with Crippen molar-refractivity contribution in [2.45, 2.75) is 18.7 Å². The van der Waals surface area contributed by atoms with Crippen molar-refractivity contribution in [1.82, 2.24) is 10.2 Å². The number of carbonyl (C=O) groups excluding carboxylic acids is 1. The molecule has 0 aromatic carbocycles. The fourth-order valence-electron chi connectivity index (χ4n) is 1.06. The first kappa shape index (κ1) is 12.0. The molecule has 8 heteroatoms. The fourth-order valence-corrected chi connectivity index (χ4v) is 2.39. The van der Waals surface area contributed by atoms with E-state index in [2.05, 4.69) is 14.9 Å². The van der Waals surface area contributed by atoms with Gasteiger partial charge in [0.25, 0.3) is 9.05 Å². The van der Waals surface area contributed by atoms with Gasteiger partial charge in [-0.3, -0.25) is 5.10 Å². The van der Waals surface area contributed by atoms with Gasteiger partial charge in [0.15, 0.2) is 5.69 Å². The van der Waals surface area contributed by atoms with Crippen molar-refractivity contribution >= 4 is 25.7 Å². The molecular weight excluding hydrogens is 244 g/mol. The number of nitrogens with one attached hydrogen (secondary N) is 1. The van der Waals surface area contributed by atoms with Crippen LogP contribution < -0.4 is 0 Å². The summed E-state index contributed by atoms with van der Waals surface area (Å²) in [5.74, 6) is -0.818. The highest BCUT2D eigenvalue weighted by Gasteiger charge is 2.27. The zero-order valence-corrected chi connectivity index (χ0v) is 9.65. The lowest BCUT2D eigenvalue weighted by Gasteiger charge is -1.99. The summed E-state index contributed by atoms with van der Waals surface area (Å²) in [5, 5.41) is 5.91. The van der Waals surface area contributed by atoms with Crippen molar-refractivity contribution < 1.29 is 17.9 Å². The van der Waals surface area contributed by atoms with Crippen LogP contribution in [0.3, 0.4) is 0 Å². The lowest BCUT2D eigenvalue weighted by molar-refractivity contribution is 0.0515. The zero-order valence-electron chi connectivity index (χ0n) is 8.07. The number of rotatable bonds is 3. The Morgan fingerprint density at radius 3 is 2.67 bits per heavy atom. The normalized spacial score (nSPS) is 11.4. The van der Waals surface area contributed by atoms with E-state index in [1.54, 1.807) is 6.92 Å². The fraction of sp³-hybridized carbons (Fsp3) is 0.429. The molecule has 1 aromatic heterocycles. The highest BCUT2D eigenvalue weighted by atomic mass is 35.7. The third-order valence-electron chi connectivity index (χ3n) is 1.60. The number of hydrogen-bond acceptors (Lipinski definition) is 5. The van der Waals surface area contributed by atoms with Crippen molar-refractivity contribution in [1.29, 1.82) is 0 Å². The molecule has 0 amide bonds. The number of hydrogen-bond donors (Lipinski definition) is 1. The maximum atomic E-state index is 11.3. The van der Waals surface area contributed by atoms with Crippen LogP contribution in [-0.2, 0) is 13.8 Å². The topological polar surface area (TPSA) is 89.1 Å². The average molecular weight is 253 g/mol. The Bertz CT molecular complexity index is 479. The number of nitrogens with zero attached hydrogens (tertiary/aromatic N) is 1. The molecule has 1 rings (SSSR count). The van der Waals surface area contributed by atoms with Crippen molar-refractivity contribution in [2.75, 3.05) is 6.61 Å². The minimum Gasteiger partial charge on any atom is -0.461 e. The molecule has 15 heavy (non-hydrogen) atoms. The van der Waals surface area contributed by atoms with Crippen LogP contribution in [0.2, 0.25) is 0 Å². The lowest BCUT2D eigenvalue weighted by atomic mass is 10.4. The van der Waals surface area contributed by atoms with Gasteiger partial charge in [-0.2, -0.15) is 5.10 Å². The average Bonchev–Trinajstić information content (AvgIpc) is 2.46. The Morgan fingerprint density at radius 2 is 2.20 bits per heavy atom. The van der Waals surface area contributed by atoms with E-state index in [4.69, 9.17) is 10.7 Å². The van der Waals surface area contributed by atoms with Gasteiger partial charge in [-0.1, -0.05) is 0 Å². The van der Waals surface area contributed by atoms with Gasteiger partial charge < -0.3 is 4.74 Å². The summed E-state index contributed by atoms with van der Waals surface area (Å²) in [5.41, 5.74) is -0.114. The van der Waals surface area contributed by atoms with Crippen molar-refractivity contribution in [2.24, 2.45) is 0 Å². The molecule has 0 atom stereocenters. The van der Waals surface area contributed by atoms with Crippen LogP contribution in [0.15, 0.2) is 4.90 Å². The Labute approximate surface area is 91.0 Å². The minimum absolute atomic E-state index is 0.131. The van der Waals surface area contributed by atoms with Crippen LogP contribution in [-0.4, -0.2) is 31.2 Å². The first-order valence-corrected chi connectivity index (χ1v) is 6.35. The number of aromatic nitrogens is 2. The first-order chi connectivity index (χ1) is 6.88. The van der Waals surface area contributed by atoms with E-state index >= 15 is 0 Å². The summed E-state index contributed by atoms with van der Waals surface area (Å²) in [6.45, 7) is 3.18. The molecule has 1 heterocycles. The molecule has 0 aliphatic heterocycles. The SMILES string of the molecule is CCOC(=O)c1n[nH]c(C)c1S(=O)(=O)Cl. The predicted molar refractivity (Wildman–Crippen MR) is 52.3 cm³/mol. The molecule has 0 aliphatic rings. The van der Waals surface area contributed by atoms with Crippen molar-refractivity contribution in [3.63, 3.8) is 0 Å².